The highest BCUT2D eigenvalue weighted by Crippen LogP contribution is 2.22. The minimum absolute atomic E-state index is 0.474. The predicted octanol–water partition coefficient (Wildman–Crippen LogP) is 2.45. The fourth-order valence-corrected chi connectivity index (χ4v) is 2.00. The lowest BCUT2D eigenvalue weighted by Crippen LogP contribution is -1.85. The van der Waals surface area contributed by atoms with Crippen LogP contribution in [0.4, 0.5) is 0 Å². The smallest absolute Gasteiger partial charge is 0.258 e. The summed E-state index contributed by atoms with van der Waals surface area (Å²) in [4.78, 5) is 12.6. The molecular weight excluding hydrogens is 254 g/mol. The number of hydrogen-bond acceptors (Lipinski definition) is 5. The van der Waals surface area contributed by atoms with Crippen LogP contribution < -0.4 is 0 Å². The second kappa shape index (κ2) is 4.27. The van der Waals surface area contributed by atoms with Crippen LogP contribution in [-0.2, 0) is 0 Å². The lowest BCUT2D eigenvalue weighted by molar-refractivity contribution is 0.432. The molecule has 0 aliphatic heterocycles. The molecule has 4 aromatic heterocycles. The lowest BCUT2D eigenvalue weighted by atomic mass is 10.2. The summed E-state index contributed by atoms with van der Waals surface area (Å²) in [5, 5.41) is 3.99. The molecule has 0 radical (unpaired) electrons. The van der Waals surface area contributed by atoms with Crippen molar-refractivity contribution in [3.05, 3.63) is 55.2 Å². The molecule has 0 unspecified atom stereocenters. The first-order valence-corrected chi connectivity index (χ1v) is 6.07. The summed E-state index contributed by atoms with van der Waals surface area (Å²) in [7, 11) is 0. The van der Waals surface area contributed by atoms with Crippen LogP contribution in [0.1, 0.15) is 0 Å². The van der Waals surface area contributed by atoms with Crippen molar-refractivity contribution >= 4 is 5.65 Å². The molecule has 0 spiro atoms. The normalized spacial score (nSPS) is 11.0. The molecule has 0 aromatic carbocycles. The van der Waals surface area contributed by atoms with E-state index in [1.807, 2.05) is 41.1 Å². The summed E-state index contributed by atoms with van der Waals surface area (Å²) in [6.07, 6.45) is 8.93. The molecule has 4 heterocycles. The first kappa shape index (κ1) is 10.9. The van der Waals surface area contributed by atoms with Crippen LogP contribution in [-0.4, -0.2) is 24.5 Å². The summed E-state index contributed by atoms with van der Waals surface area (Å²) < 4.78 is 7.23. The van der Waals surface area contributed by atoms with Gasteiger partial charge in [-0.15, -0.1) is 0 Å². The molecule has 0 saturated heterocycles. The highest BCUT2D eigenvalue weighted by Gasteiger charge is 2.11. The SMILES string of the molecule is c1cc(-c2noc(-c3ccn4ccnc4c3)n2)ccn1. The van der Waals surface area contributed by atoms with Crippen LogP contribution in [0.15, 0.2) is 59.8 Å². The topological polar surface area (TPSA) is 69.1 Å². The molecule has 0 aliphatic rings. The molecule has 0 N–H and O–H groups in total. The van der Waals surface area contributed by atoms with E-state index >= 15 is 0 Å². The number of nitrogens with zero attached hydrogens (tertiary/aromatic N) is 5. The Balaban J connectivity index is 1.77. The van der Waals surface area contributed by atoms with Crippen molar-refractivity contribution in [1.29, 1.82) is 0 Å². The Morgan fingerprint density at radius 2 is 1.85 bits per heavy atom. The number of fused-ring (bicyclic) bond motifs is 1. The van der Waals surface area contributed by atoms with Gasteiger partial charge in [0.2, 0.25) is 5.82 Å². The van der Waals surface area contributed by atoms with E-state index in [4.69, 9.17) is 4.52 Å². The first-order chi connectivity index (χ1) is 9.90. The van der Waals surface area contributed by atoms with E-state index < -0.39 is 0 Å². The molecule has 6 heteroatoms. The molecule has 4 rings (SSSR count). The second-order valence-electron chi connectivity index (χ2n) is 4.27. The van der Waals surface area contributed by atoms with E-state index in [0.29, 0.717) is 11.7 Å². The van der Waals surface area contributed by atoms with Crippen LogP contribution in [0.2, 0.25) is 0 Å². The summed E-state index contributed by atoms with van der Waals surface area (Å²) in [6.45, 7) is 0. The maximum Gasteiger partial charge on any atom is 0.258 e. The minimum atomic E-state index is 0.474. The Kier molecular flexibility index (Phi) is 2.32. The van der Waals surface area contributed by atoms with E-state index in [2.05, 4.69) is 20.1 Å². The Morgan fingerprint density at radius 1 is 0.950 bits per heavy atom. The molecule has 4 aromatic rings. The van der Waals surface area contributed by atoms with Gasteiger partial charge in [0, 0.05) is 42.1 Å². The highest BCUT2D eigenvalue weighted by atomic mass is 16.5. The number of aromatic nitrogens is 5. The van der Waals surface area contributed by atoms with Crippen LogP contribution in [0.3, 0.4) is 0 Å². The van der Waals surface area contributed by atoms with Crippen LogP contribution in [0.5, 0.6) is 0 Å². The molecule has 20 heavy (non-hydrogen) atoms. The lowest BCUT2D eigenvalue weighted by Gasteiger charge is -1.95. The molecule has 0 atom stereocenters. The molecule has 96 valence electrons. The Labute approximate surface area is 113 Å². The molecule has 0 saturated carbocycles. The van der Waals surface area contributed by atoms with E-state index in [1.54, 1.807) is 18.6 Å². The van der Waals surface area contributed by atoms with Gasteiger partial charge in [0.05, 0.1) is 0 Å². The summed E-state index contributed by atoms with van der Waals surface area (Å²) in [5.74, 6) is 1.02. The molecule has 6 nitrogen and oxygen atoms in total. The van der Waals surface area contributed by atoms with Crippen molar-refractivity contribution in [3.63, 3.8) is 0 Å². The largest absolute Gasteiger partial charge is 0.334 e. The van der Waals surface area contributed by atoms with Gasteiger partial charge in [-0.2, -0.15) is 4.98 Å². The van der Waals surface area contributed by atoms with Gasteiger partial charge >= 0.3 is 0 Å². The predicted molar refractivity (Wildman–Crippen MR) is 71.7 cm³/mol. The van der Waals surface area contributed by atoms with Gasteiger partial charge < -0.3 is 8.92 Å². The van der Waals surface area contributed by atoms with Gasteiger partial charge in [-0.3, -0.25) is 4.98 Å². The molecule has 0 fully saturated rings. The van der Waals surface area contributed by atoms with Crippen LogP contribution in [0.25, 0.3) is 28.5 Å². The molecule has 0 bridgehead atoms. The average Bonchev–Trinajstić information content (AvgIpc) is 3.16. The van der Waals surface area contributed by atoms with Crippen LogP contribution >= 0.6 is 0 Å². The van der Waals surface area contributed by atoms with Gasteiger partial charge in [0.15, 0.2) is 0 Å². The zero-order chi connectivity index (χ0) is 13.4. The minimum Gasteiger partial charge on any atom is -0.334 e. The Bertz CT molecular complexity index is 865. The van der Waals surface area contributed by atoms with Gasteiger partial charge in [-0.1, -0.05) is 5.16 Å². The van der Waals surface area contributed by atoms with Crippen molar-refractivity contribution in [2.24, 2.45) is 0 Å². The Hall–Kier alpha value is -3.02. The summed E-state index contributed by atoms with van der Waals surface area (Å²) in [6, 6.07) is 7.50. The van der Waals surface area contributed by atoms with Crippen molar-refractivity contribution < 1.29 is 4.52 Å². The number of pyridine rings is 2. The zero-order valence-corrected chi connectivity index (χ0v) is 10.3. The van der Waals surface area contributed by atoms with E-state index in [0.717, 1.165) is 16.8 Å². The third-order valence-corrected chi connectivity index (χ3v) is 3.01. The number of imidazole rings is 1. The van der Waals surface area contributed by atoms with Crippen molar-refractivity contribution in [1.82, 2.24) is 24.5 Å². The third-order valence-electron chi connectivity index (χ3n) is 3.01. The van der Waals surface area contributed by atoms with E-state index in [1.165, 1.54) is 0 Å². The third kappa shape index (κ3) is 1.74. The zero-order valence-electron chi connectivity index (χ0n) is 10.3. The maximum absolute atomic E-state index is 5.31. The quantitative estimate of drug-likeness (QED) is 0.555. The van der Waals surface area contributed by atoms with Gasteiger partial charge in [-0.25, -0.2) is 4.98 Å². The first-order valence-electron chi connectivity index (χ1n) is 6.07. The van der Waals surface area contributed by atoms with Crippen molar-refractivity contribution in [3.8, 4) is 22.8 Å². The standard InChI is InChI=1S/C14H9N5O/c1-4-15-5-2-10(1)13-17-14(20-18-13)11-3-7-19-8-6-16-12(19)9-11/h1-9H. The van der Waals surface area contributed by atoms with E-state index in [-0.39, 0.29) is 0 Å². The maximum atomic E-state index is 5.31. The second-order valence-corrected chi connectivity index (χ2v) is 4.27. The summed E-state index contributed by atoms with van der Waals surface area (Å²) >= 11 is 0. The van der Waals surface area contributed by atoms with Gasteiger partial charge in [0.25, 0.3) is 5.89 Å². The van der Waals surface area contributed by atoms with Crippen LogP contribution in [0, 0.1) is 0 Å². The molecular formula is C14H9N5O. The van der Waals surface area contributed by atoms with Crippen molar-refractivity contribution in [2.45, 2.75) is 0 Å². The van der Waals surface area contributed by atoms with Crippen molar-refractivity contribution in [2.75, 3.05) is 0 Å². The molecule has 0 amide bonds. The highest BCUT2D eigenvalue weighted by molar-refractivity contribution is 5.62. The summed E-state index contributed by atoms with van der Waals surface area (Å²) in [5.41, 5.74) is 2.56. The van der Waals surface area contributed by atoms with Gasteiger partial charge in [-0.05, 0) is 24.3 Å². The fourth-order valence-electron chi connectivity index (χ4n) is 2.00. The molecule has 0 aliphatic carbocycles. The van der Waals surface area contributed by atoms with Gasteiger partial charge in [0.1, 0.15) is 5.65 Å². The fraction of sp³-hybridized carbons (Fsp3) is 0. The number of rotatable bonds is 2. The monoisotopic (exact) mass is 263 g/mol. The Morgan fingerprint density at radius 3 is 2.75 bits per heavy atom. The average molecular weight is 263 g/mol. The number of hydrogen-bond donors (Lipinski definition) is 0. The van der Waals surface area contributed by atoms with E-state index in [9.17, 15) is 0 Å².